The van der Waals surface area contributed by atoms with Crippen molar-refractivity contribution in [1.82, 2.24) is 5.32 Å². The maximum absolute atomic E-state index is 11.7. The number of carbonyl (C=O) groups excluding carboxylic acids is 2. The Bertz CT molecular complexity index is 290. The van der Waals surface area contributed by atoms with Gasteiger partial charge in [-0.1, -0.05) is 0 Å². The van der Waals surface area contributed by atoms with Gasteiger partial charge in [0, 0.05) is 32.1 Å². The zero-order valence-electron chi connectivity index (χ0n) is 9.70. The number of ketones is 1. The standard InChI is InChI=1S/C12H19NO3/c1-2-16-7-3-6-13-12(15)11-8-4-5-9(14)10(8)11/h8,10-11H,2-7H2,1H3,(H,13,15)/t8-,10-,11+/m1/s1. The van der Waals surface area contributed by atoms with Crippen LogP contribution in [0.15, 0.2) is 0 Å². The molecule has 0 aromatic carbocycles. The first-order valence-electron chi connectivity index (χ1n) is 6.14. The molecule has 0 aliphatic heterocycles. The van der Waals surface area contributed by atoms with Gasteiger partial charge in [-0.2, -0.15) is 0 Å². The molecule has 2 fully saturated rings. The number of rotatable bonds is 6. The van der Waals surface area contributed by atoms with Crippen LogP contribution in [0, 0.1) is 17.8 Å². The molecule has 0 bridgehead atoms. The second-order valence-electron chi connectivity index (χ2n) is 4.56. The van der Waals surface area contributed by atoms with Crippen molar-refractivity contribution in [1.29, 1.82) is 0 Å². The molecule has 1 N–H and O–H groups in total. The van der Waals surface area contributed by atoms with Gasteiger partial charge in [-0.05, 0) is 25.7 Å². The Morgan fingerprint density at radius 3 is 3.00 bits per heavy atom. The fraction of sp³-hybridized carbons (Fsp3) is 0.833. The maximum atomic E-state index is 11.7. The molecular formula is C12H19NO3. The van der Waals surface area contributed by atoms with Gasteiger partial charge in [-0.3, -0.25) is 9.59 Å². The van der Waals surface area contributed by atoms with Gasteiger partial charge in [0.05, 0.1) is 5.92 Å². The molecule has 1 amide bonds. The number of Topliss-reactive ketones (excluding diaryl/α,β-unsaturated/α-hetero) is 1. The molecule has 2 rings (SSSR count). The highest BCUT2D eigenvalue weighted by molar-refractivity contribution is 5.96. The van der Waals surface area contributed by atoms with Crippen LogP contribution in [0.5, 0.6) is 0 Å². The van der Waals surface area contributed by atoms with Crippen molar-refractivity contribution in [2.24, 2.45) is 17.8 Å². The Morgan fingerprint density at radius 2 is 2.38 bits per heavy atom. The van der Waals surface area contributed by atoms with E-state index in [-0.39, 0.29) is 17.7 Å². The smallest absolute Gasteiger partial charge is 0.224 e. The monoisotopic (exact) mass is 225 g/mol. The molecule has 16 heavy (non-hydrogen) atoms. The molecule has 3 atom stereocenters. The summed E-state index contributed by atoms with van der Waals surface area (Å²) in [5, 5.41) is 2.88. The van der Waals surface area contributed by atoms with Gasteiger partial charge < -0.3 is 10.1 Å². The Labute approximate surface area is 95.7 Å². The number of hydrogen-bond donors (Lipinski definition) is 1. The van der Waals surface area contributed by atoms with Crippen LogP contribution in [-0.4, -0.2) is 31.4 Å². The summed E-state index contributed by atoms with van der Waals surface area (Å²) in [5.74, 6) is 0.777. The number of carbonyl (C=O) groups is 2. The maximum Gasteiger partial charge on any atom is 0.224 e. The van der Waals surface area contributed by atoms with E-state index in [1.54, 1.807) is 0 Å². The van der Waals surface area contributed by atoms with E-state index in [1.165, 1.54) is 0 Å². The molecule has 4 nitrogen and oxygen atoms in total. The van der Waals surface area contributed by atoms with Crippen LogP contribution in [0.25, 0.3) is 0 Å². The Hall–Kier alpha value is -0.900. The Kier molecular flexibility index (Phi) is 3.59. The molecule has 90 valence electrons. The van der Waals surface area contributed by atoms with E-state index >= 15 is 0 Å². The third-order valence-corrected chi connectivity index (χ3v) is 3.54. The van der Waals surface area contributed by atoms with Gasteiger partial charge in [-0.15, -0.1) is 0 Å². The largest absolute Gasteiger partial charge is 0.382 e. The Balaban J connectivity index is 1.61. The average Bonchev–Trinajstić information content (AvgIpc) is 2.89. The summed E-state index contributed by atoms with van der Waals surface area (Å²) in [6.07, 6.45) is 2.44. The number of hydrogen-bond acceptors (Lipinski definition) is 3. The molecule has 2 aliphatic rings. The van der Waals surface area contributed by atoms with E-state index in [4.69, 9.17) is 4.74 Å². The minimum Gasteiger partial charge on any atom is -0.382 e. The van der Waals surface area contributed by atoms with E-state index in [9.17, 15) is 9.59 Å². The zero-order valence-corrected chi connectivity index (χ0v) is 9.70. The van der Waals surface area contributed by atoms with E-state index in [0.717, 1.165) is 19.4 Å². The lowest BCUT2D eigenvalue weighted by molar-refractivity contribution is -0.126. The summed E-state index contributed by atoms with van der Waals surface area (Å²) >= 11 is 0. The molecule has 0 radical (unpaired) electrons. The van der Waals surface area contributed by atoms with Crippen molar-refractivity contribution in [2.45, 2.75) is 26.2 Å². The predicted molar refractivity (Wildman–Crippen MR) is 58.8 cm³/mol. The van der Waals surface area contributed by atoms with Gasteiger partial charge >= 0.3 is 0 Å². The molecule has 0 unspecified atom stereocenters. The van der Waals surface area contributed by atoms with Crippen LogP contribution < -0.4 is 5.32 Å². The lowest BCUT2D eigenvalue weighted by Gasteiger charge is -2.06. The van der Waals surface area contributed by atoms with Crippen LogP contribution in [-0.2, 0) is 14.3 Å². The van der Waals surface area contributed by atoms with Crippen LogP contribution >= 0.6 is 0 Å². The fourth-order valence-electron chi connectivity index (χ4n) is 2.65. The van der Waals surface area contributed by atoms with Crippen LogP contribution in [0.3, 0.4) is 0 Å². The van der Waals surface area contributed by atoms with Crippen LogP contribution in [0.2, 0.25) is 0 Å². The van der Waals surface area contributed by atoms with Gasteiger partial charge in [-0.25, -0.2) is 0 Å². The second kappa shape index (κ2) is 4.95. The molecule has 0 heterocycles. The summed E-state index contributed by atoms with van der Waals surface area (Å²) in [5.41, 5.74) is 0. The number of nitrogens with one attached hydrogen (secondary N) is 1. The topological polar surface area (TPSA) is 55.4 Å². The van der Waals surface area contributed by atoms with Crippen molar-refractivity contribution in [2.75, 3.05) is 19.8 Å². The highest BCUT2D eigenvalue weighted by Crippen LogP contribution is 2.55. The predicted octanol–water partition coefficient (Wildman–Crippen LogP) is 0.754. The molecule has 0 saturated heterocycles. The second-order valence-corrected chi connectivity index (χ2v) is 4.56. The van der Waals surface area contributed by atoms with Gasteiger partial charge in [0.2, 0.25) is 5.91 Å². The molecular weight excluding hydrogens is 206 g/mol. The van der Waals surface area contributed by atoms with E-state index in [2.05, 4.69) is 5.32 Å². The van der Waals surface area contributed by atoms with E-state index in [0.29, 0.717) is 31.3 Å². The van der Waals surface area contributed by atoms with Gasteiger partial charge in [0.1, 0.15) is 5.78 Å². The highest BCUT2D eigenvalue weighted by Gasteiger charge is 2.61. The number of ether oxygens (including phenoxy) is 1. The SMILES string of the molecule is CCOCCCNC(=O)[C@H]1[C@@H]2CCC(=O)[C@@H]21. The van der Waals surface area contributed by atoms with Gasteiger partial charge in [0.25, 0.3) is 0 Å². The lowest BCUT2D eigenvalue weighted by atomic mass is 10.1. The summed E-state index contributed by atoms with van der Waals surface area (Å²) in [7, 11) is 0. The first-order valence-corrected chi connectivity index (χ1v) is 6.14. The normalized spacial score (nSPS) is 31.3. The number of amides is 1. The molecule has 0 aromatic rings. The molecule has 2 aliphatic carbocycles. The quantitative estimate of drug-likeness (QED) is 0.679. The van der Waals surface area contributed by atoms with Crippen molar-refractivity contribution in [3.63, 3.8) is 0 Å². The summed E-state index contributed by atoms with van der Waals surface area (Å²) in [6, 6.07) is 0. The minimum absolute atomic E-state index is 0.00616. The van der Waals surface area contributed by atoms with Crippen molar-refractivity contribution in [3.05, 3.63) is 0 Å². The van der Waals surface area contributed by atoms with E-state index < -0.39 is 0 Å². The van der Waals surface area contributed by atoms with Crippen molar-refractivity contribution < 1.29 is 14.3 Å². The summed E-state index contributed by atoms with van der Waals surface area (Å²) in [6.45, 7) is 4.01. The molecule has 0 aromatic heterocycles. The van der Waals surface area contributed by atoms with Crippen molar-refractivity contribution in [3.8, 4) is 0 Å². The summed E-state index contributed by atoms with van der Waals surface area (Å²) < 4.78 is 5.18. The molecule has 2 saturated carbocycles. The number of fused-ring (bicyclic) bond motifs is 1. The van der Waals surface area contributed by atoms with Crippen LogP contribution in [0.1, 0.15) is 26.2 Å². The third kappa shape index (κ3) is 2.26. The molecule has 0 spiro atoms. The lowest BCUT2D eigenvalue weighted by Crippen LogP contribution is -2.29. The Morgan fingerprint density at radius 1 is 1.56 bits per heavy atom. The first-order chi connectivity index (χ1) is 7.75. The van der Waals surface area contributed by atoms with E-state index in [1.807, 2.05) is 6.92 Å². The van der Waals surface area contributed by atoms with Gasteiger partial charge in [0.15, 0.2) is 0 Å². The molecule has 4 heteroatoms. The van der Waals surface area contributed by atoms with Crippen LogP contribution in [0.4, 0.5) is 0 Å². The third-order valence-electron chi connectivity index (χ3n) is 3.54. The highest BCUT2D eigenvalue weighted by atomic mass is 16.5. The van der Waals surface area contributed by atoms with Crippen molar-refractivity contribution >= 4 is 11.7 Å². The fourth-order valence-corrected chi connectivity index (χ4v) is 2.65. The average molecular weight is 225 g/mol. The minimum atomic E-state index is -0.00616. The summed E-state index contributed by atoms with van der Waals surface area (Å²) in [4.78, 5) is 23.0. The zero-order chi connectivity index (χ0) is 11.5. The first kappa shape index (κ1) is 11.6.